The lowest BCUT2D eigenvalue weighted by Crippen LogP contribution is -2.05. The van der Waals surface area contributed by atoms with Gasteiger partial charge in [0.05, 0.1) is 18.4 Å². The first kappa shape index (κ1) is 16.7. The zero-order valence-electron chi connectivity index (χ0n) is 12.9. The largest absolute Gasteiger partial charge is 0.497 e. The molecule has 0 amide bonds. The Labute approximate surface area is 152 Å². The van der Waals surface area contributed by atoms with Crippen LogP contribution in [0.25, 0.3) is 10.6 Å². The number of benzene rings is 2. The number of rotatable bonds is 5. The molecule has 1 heterocycles. The molecule has 122 valence electrons. The summed E-state index contributed by atoms with van der Waals surface area (Å²) >= 11 is 4.85. The van der Waals surface area contributed by atoms with E-state index in [-0.39, 0.29) is 12.6 Å². The summed E-state index contributed by atoms with van der Waals surface area (Å²) in [5, 5.41) is 2.78. The molecule has 1 aromatic heterocycles. The second-order valence-corrected chi connectivity index (χ2v) is 6.73. The maximum Gasteiger partial charge on any atom is 0.338 e. The Kier molecular flexibility index (Phi) is 5.27. The third-order valence-corrected chi connectivity index (χ3v) is 4.73. The standard InChI is InChI=1S/C18H14BrNO3S/c1-22-16-7-5-12(6-8-16)17-20-15(11-24-17)10-23-18(21)13-3-2-4-14(19)9-13/h2-9,11H,10H2,1H3. The van der Waals surface area contributed by atoms with Crippen molar-refractivity contribution in [1.82, 2.24) is 4.98 Å². The lowest BCUT2D eigenvalue weighted by Gasteiger charge is -2.03. The van der Waals surface area contributed by atoms with Crippen molar-refractivity contribution < 1.29 is 14.3 Å². The third-order valence-electron chi connectivity index (χ3n) is 3.30. The minimum atomic E-state index is -0.365. The van der Waals surface area contributed by atoms with Gasteiger partial charge in [-0.15, -0.1) is 11.3 Å². The Morgan fingerprint density at radius 2 is 2.00 bits per heavy atom. The lowest BCUT2D eigenvalue weighted by atomic mass is 10.2. The highest BCUT2D eigenvalue weighted by Crippen LogP contribution is 2.26. The number of esters is 1. The number of thiazole rings is 1. The molecule has 0 fully saturated rings. The van der Waals surface area contributed by atoms with Gasteiger partial charge in [0.1, 0.15) is 17.4 Å². The minimum absolute atomic E-state index is 0.151. The van der Waals surface area contributed by atoms with E-state index in [1.165, 1.54) is 11.3 Å². The summed E-state index contributed by atoms with van der Waals surface area (Å²) in [5.74, 6) is 0.439. The van der Waals surface area contributed by atoms with Crippen LogP contribution in [-0.4, -0.2) is 18.1 Å². The number of carbonyl (C=O) groups excluding carboxylic acids is 1. The summed E-state index contributed by atoms with van der Waals surface area (Å²) < 4.78 is 11.3. The second kappa shape index (κ2) is 7.59. The van der Waals surface area contributed by atoms with Gasteiger partial charge in [-0.25, -0.2) is 9.78 Å². The van der Waals surface area contributed by atoms with E-state index in [1.54, 1.807) is 25.3 Å². The van der Waals surface area contributed by atoms with Crippen LogP contribution in [0.4, 0.5) is 0 Å². The number of hydrogen-bond donors (Lipinski definition) is 0. The number of hydrogen-bond acceptors (Lipinski definition) is 5. The molecule has 0 atom stereocenters. The van der Waals surface area contributed by atoms with Crippen LogP contribution < -0.4 is 4.74 Å². The molecule has 24 heavy (non-hydrogen) atoms. The molecule has 3 aromatic rings. The molecule has 0 aliphatic carbocycles. The predicted molar refractivity (Wildman–Crippen MR) is 97.4 cm³/mol. The van der Waals surface area contributed by atoms with Crippen LogP contribution in [0, 0.1) is 0 Å². The number of methoxy groups -OCH3 is 1. The van der Waals surface area contributed by atoms with Crippen molar-refractivity contribution in [1.29, 1.82) is 0 Å². The fourth-order valence-corrected chi connectivity index (χ4v) is 3.29. The molecule has 0 aliphatic heterocycles. The first-order valence-corrected chi connectivity index (χ1v) is 8.84. The highest BCUT2D eigenvalue weighted by molar-refractivity contribution is 9.10. The normalized spacial score (nSPS) is 10.4. The van der Waals surface area contributed by atoms with Crippen molar-refractivity contribution in [2.75, 3.05) is 7.11 Å². The number of halogens is 1. The summed E-state index contributed by atoms with van der Waals surface area (Å²) in [5.41, 5.74) is 2.24. The third kappa shape index (κ3) is 4.01. The summed E-state index contributed by atoms with van der Waals surface area (Å²) in [6.07, 6.45) is 0. The van der Waals surface area contributed by atoms with Crippen LogP contribution in [-0.2, 0) is 11.3 Å². The van der Waals surface area contributed by atoms with Crippen LogP contribution in [0.2, 0.25) is 0 Å². The topological polar surface area (TPSA) is 48.4 Å². The van der Waals surface area contributed by atoms with Gasteiger partial charge in [-0.3, -0.25) is 0 Å². The van der Waals surface area contributed by atoms with Gasteiger partial charge in [-0.2, -0.15) is 0 Å². The lowest BCUT2D eigenvalue weighted by molar-refractivity contribution is 0.0468. The van der Waals surface area contributed by atoms with Crippen LogP contribution in [0.5, 0.6) is 5.75 Å². The molecule has 2 aromatic carbocycles. The highest BCUT2D eigenvalue weighted by Gasteiger charge is 2.10. The average molecular weight is 404 g/mol. The maximum atomic E-state index is 12.0. The van der Waals surface area contributed by atoms with Crippen LogP contribution in [0.3, 0.4) is 0 Å². The van der Waals surface area contributed by atoms with Gasteiger partial charge in [-0.1, -0.05) is 22.0 Å². The Hall–Kier alpha value is -2.18. The Bertz CT molecular complexity index is 845. The smallest absolute Gasteiger partial charge is 0.338 e. The quantitative estimate of drug-likeness (QED) is 0.566. The van der Waals surface area contributed by atoms with Gasteiger partial charge in [0, 0.05) is 15.4 Å². The zero-order chi connectivity index (χ0) is 16.9. The highest BCUT2D eigenvalue weighted by atomic mass is 79.9. The van der Waals surface area contributed by atoms with Crippen molar-refractivity contribution in [3.8, 4) is 16.3 Å². The van der Waals surface area contributed by atoms with Crippen LogP contribution in [0.15, 0.2) is 58.4 Å². The van der Waals surface area contributed by atoms with E-state index in [2.05, 4.69) is 20.9 Å². The fraction of sp³-hybridized carbons (Fsp3) is 0.111. The molecular weight excluding hydrogens is 390 g/mol. The van der Waals surface area contributed by atoms with E-state index in [0.29, 0.717) is 5.56 Å². The summed E-state index contributed by atoms with van der Waals surface area (Å²) in [4.78, 5) is 16.5. The first-order chi connectivity index (χ1) is 11.7. The van der Waals surface area contributed by atoms with E-state index >= 15 is 0 Å². The molecule has 0 saturated carbocycles. The molecule has 0 bridgehead atoms. The van der Waals surface area contributed by atoms with Gasteiger partial charge in [-0.05, 0) is 42.5 Å². The number of ether oxygens (including phenoxy) is 2. The van der Waals surface area contributed by atoms with Gasteiger partial charge in [0.15, 0.2) is 0 Å². The molecule has 0 spiro atoms. The minimum Gasteiger partial charge on any atom is -0.497 e. The van der Waals surface area contributed by atoms with Crippen molar-refractivity contribution in [2.45, 2.75) is 6.61 Å². The van der Waals surface area contributed by atoms with Gasteiger partial charge in [0.2, 0.25) is 0 Å². The van der Waals surface area contributed by atoms with E-state index in [9.17, 15) is 4.79 Å². The van der Waals surface area contributed by atoms with Gasteiger partial charge >= 0.3 is 5.97 Å². The van der Waals surface area contributed by atoms with E-state index < -0.39 is 0 Å². The second-order valence-electron chi connectivity index (χ2n) is 4.96. The van der Waals surface area contributed by atoms with E-state index in [0.717, 1.165) is 26.5 Å². The molecule has 4 nitrogen and oxygen atoms in total. The monoisotopic (exact) mass is 403 g/mol. The number of aromatic nitrogens is 1. The molecule has 6 heteroatoms. The van der Waals surface area contributed by atoms with Crippen LogP contribution in [0.1, 0.15) is 16.1 Å². The van der Waals surface area contributed by atoms with E-state index in [1.807, 2.05) is 35.7 Å². The Morgan fingerprint density at radius 3 is 2.71 bits per heavy atom. The van der Waals surface area contributed by atoms with Crippen LogP contribution >= 0.6 is 27.3 Å². The van der Waals surface area contributed by atoms with Crippen molar-refractivity contribution in [3.05, 3.63) is 69.6 Å². The fourth-order valence-electron chi connectivity index (χ4n) is 2.08. The predicted octanol–water partition coefficient (Wildman–Crippen LogP) is 4.94. The van der Waals surface area contributed by atoms with Gasteiger partial charge < -0.3 is 9.47 Å². The van der Waals surface area contributed by atoms with Crippen molar-refractivity contribution in [3.63, 3.8) is 0 Å². The van der Waals surface area contributed by atoms with Crippen molar-refractivity contribution in [2.24, 2.45) is 0 Å². The summed E-state index contributed by atoms with van der Waals surface area (Å²) in [6, 6.07) is 14.8. The molecule has 0 radical (unpaired) electrons. The summed E-state index contributed by atoms with van der Waals surface area (Å²) in [7, 11) is 1.64. The number of nitrogens with zero attached hydrogens (tertiary/aromatic N) is 1. The molecule has 0 N–H and O–H groups in total. The molecule has 0 aliphatic rings. The number of carbonyl (C=O) groups is 1. The Balaban J connectivity index is 1.64. The molecule has 3 rings (SSSR count). The zero-order valence-corrected chi connectivity index (χ0v) is 15.3. The SMILES string of the molecule is COc1ccc(-c2nc(COC(=O)c3cccc(Br)c3)cs2)cc1. The first-order valence-electron chi connectivity index (χ1n) is 7.17. The van der Waals surface area contributed by atoms with Gasteiger partial charge in [0.25, 0.3) is 0 Å². The molecule has 0 saturated heterocycles. The van der Waals surface area contributed by atoms with Crippen molar-refractivity contribution >= 4 is 33.2 Å². The Morgan fingerprint density at radius 1 is 1.21 bits per heavy atom. The molecule has 0 unspecified atom stereocenters. The molecular formula is C18H14BrNO3S. The summed E-state index contributed by atoms with van der Waals surface area (Å²) in [6.45, 7) is 0.151. The maximum absolute atomic E-state index is 12.0. The average Bonchev–Trinajstić information content (AvgIpc) is 3.09. The van der Waals surface area contributed by atoms with E-state index in [4.69, 9.17) is 9.47 Å².